The molecule has 1 aromatic heterocycles. The highest BCUT2D eigenvalue weighted by atomic mass is 79.9. The molecule has 18 heavy (non-hydrogen) atoms. The molecule has 0 bridgehead atoms. The molecule has 0 atom stereocenters. The van der Waals surface area contributed by atoms with Gasteiger partial charge in [0.25, 0.3) is 0 Å². The van der Waals surface area contributed by atoms with E-state index < -0.39 is 8.07 Å². The van der Waals surface area contributed by atoms with Gasteiger partial charge in [0.1, 0.15) is 17.2 Å². The second-order valence-corrected chi connectivity index (χ2v) is 12.8. The highest BCUT2D eigenvalue weighted by molar-refractivity contribution is 9.10. The van der Waals surface area contributed by atoms with Crippen molar-refractivity contribution in [3.63, 3.8) is 0 Å². The third kappa shape index (κ3) is 3.93. The summed E-state index contributed by atoms with van der Waals surface area (Å²) in [7, 11) is -0.980. The van der Waals surface area contributed by atoms with Crippen LogP contribution >= 0.6 is 15.9 Å². The molecule has 0 amide bonds. The number of ether oxygens (including phenoxy) is 1. The Bertz CT molecular complexity index is 396. The Morgan fingerprint density at radius 3 is 2.72 bits per heavy atom. The number of aromatic nitrogens is 2. The van der Waals surface area contributed by atoms with Crippen LogP contribution in [0.3, 0.4) is 0 Å². The Hall–Kier alpha value is -0.133. The molecule has 0 aliphatic heterocycles. The lowest BCUT2D eigenvalue weighted by Crippen LogP contribution is -2.22. The van der Waals surface area contributed by atoms with Crippen molar-refractivity contribution in [1.29, 1.82) is 0 Å². The van der Waals surface area contributed by atoms with Gasteiger partial charge in [0, 0.05) is 26.8 Å². The molecule has 1 heterocycles. The molecule has 1 saturated carbocycles. The number of halogens is 1. The van der Waals surface area contributed by atoms with E-state index in [0.29, 0.717) is 12.6 Å². The van der Waals surface area contributed by atoms with E-state index in [1.165, 1.54) is 31.1 Å². The molecule has 0 spiro atoms. The van der Waals surface area contributed by atoms with Gasteiger partial charge in [0.05, 0.1) is 0 Å². The van der Waals surface area contributed by atoms with Gasteiger partial charge in [-0.05, 0) is 34.8 Å². The van der Waals surface area contributed by atoms with Crippen molar-refractivity contribution in [2.24, 2.45) is 0 Å². The van der Waals surface area contributed by atoms with Crippen molar-refractivity contribution >= 4 is 24.0 Å². The molecule has 2 rings (SSSR count). The van der Waals surface area contributed by atoms with Gasteiger partial charge in [-0.1, -0.05) is 26.1 Å². The first kappa shape index (κ1) is 14.3. The largest absolute Gasteiger partial charge is 0.361 e. The van der Waals surface area contributed by atoms with Crippen LogP contribution in [0.2, 0.25) is 25.7 Å². The van der Waals surface area contributed by atoms with Crippen LogP contribution in [0.5, 0.6) is 0 Å². The van der Waals surface area contributed by atoms with Crippen LogP contribution in [0.1, 0.15) is 31.0 Å². The van der Waals surface area contributed by atoms with Crippen LogP contribution < -0.4 is 0 Å². The molecular weight excluding hydrogens is 308 g/mol. The molecule has 1 aromatic rings. The predicted octanol–water partition coefficient (Wildman–Crippen LogP) is 4.23. The van der Waals surface area contributed by atoms with E-state index in [1.54, 1.807) is 0 Å². The standard InChI is InChI=1S/C13H23BrN2OSi/c1-18(2,3)8-7-17-10-16-9-12(14)15-13(16)11-5-4-6-11/h9,11H,4-8,10H2,1-3H3. The van der Waals surface area contributed by atoms with Gasteiger partial charge in [-0.2, -0.15) is 0 Å². The van der Waals surface area contributed by atoms with Crippen LogP contribution in [-0.4, -0.2) is 24.2 Å². The summed E-state index contributed by atoms with van der Waals surface area (Å²) < 4.78 is 8.90. The summed E-state index contributed by atoms with van der Waals surface area (Å²) >= 11 is 3.46. The minimum absolute atomic E-state index is 0.648. The van der Waals surface area contributed by atoms with E-state index in [0.717, 1.165) is 11.2 Å². The zero-order valence-corrected chi connectivity index (χ0v) is 14.2. The SMILES string of the molecule is C[Si](C)(C)CCOCn1cc(Br)nc1C1CCC1. The minimum atomic E-state index is -0.980. The fraction of sp³-hybridized carbons (Fsp3) is 0.769. The molecule has 0 aromatic carbocycles. The van der Waals surface area contributed by atoms with Crippen molar-refractivity contribution in [2.75, 3.05) is 6.61 Å². The number of hydrogen-bond donors (Lipinski definition) is 0. The van der Waals surface area contributed by atoms with Gasteiger partial charge in [0.2, 0.25) is 0 Å². The molecule has 0 N–H and O–H groups in total. The third-order valence-corrected chi connectivity index (χ3v) is 5.56. The number of rotatable bonds is 6. The zero-order valence-electron chi connectivity index (χ0n) is 11.6. The highest BCUT2D eigenvalue weighted by Gasteiger charge is 2.24. The predicted molar refractivity (Wildman–Crippen MR) is 80.6 cm³/mol. The van der Waals surface area contributed by atoms with Gasteiger partial charge in [-0.25, -0.2) is 4.98 Å². The Balaban J connectivity index is 1.85. The van der Waals surface area contributed by atoms with Gasteiger partial charge in [0.15, 0.2) is 0 Å². The average molecular weight is 331 g/mol. The number of hydrogen-bond acceptors (Lipinski definition) is 2. The maximum absolute atomic E-state index is 5.81. The molecule has 5 heteroatoms. The molecule has 1 aliphatic carbocycles. The minimum Gasteiger partial charge on any atom is -0.361 e. The molecule has 3 nitrogen and oxygen atoms in total. The first-order valence-corrected chi connectivity index (χ1v) is 11.3. The third-order valence-electron chi connectivity index (χ3n) is 3.48. The van der Waals surface area contributed by atoms with E-state index in [2.05, 4.69) is 45.1 Å². The first-order chi connectivity index (χ1) is 8.46. The lowest BCUT2D eigenvalue weighted by molar-refractivity contribution is 0.0830. The second-order valence-electron chi connectivity index (χ2n) is 6.37. The Labute approximate surface area is 119 Å². The second kappa shape index (κ2) is 5.88. The summed E-state index contributed by atoms with van der Waals surface area (Å²) in [4.78, 5) is 4.57. The Kier molecular flexibility index (Phi) is 4.67. The van der Waals surface area contributed by atoms with Crippen molar-refractivity contribution in [1.82, 2.24) is 9.55 Å². The fourth-order valence-electron chi connectivity index (χ4n) is 2.03. The summed E-state index contributed by atoms with van der Waals surface area (Å²) in [5.74, 6) is 1.85. The molecule has 0 saturated heterocycles. The average Bonchev–Trinajstić information content (AvgIpc) is 2.50. The maximum atomic E-state index is 5.81. The zero-order chi connectivity index (χ0) is 13.2. The topological polar surface area (TPSA) is 27.1 Å². The smallest absolute Gasteiger partial charge is 0.124 e. The monoisotopic (exact) mass is 330 g/mol. The Morgan fingerprint density at radius 2 is 2.17 bits per heavy atom. The summed E-state index contributed by atoms with van der Waals surface area (Å²) in [6.45, 7) is 8.66. The van der Waals surface area contributed by atoms with Gasteiger partial charge in [-0.3, -0.25) is 0 Å². The van der Waals surface area contributed by atoms with Gasteiger partial charge in [-0.15, -0.1) is 0 Å². The molecule has 0 unspecified atom stereocenters. The summed E-state index contributed by atoms with van der Waals surface area (Å²) in [5.41, 5.74) is 0. The summed E-state index contributed by atoms with van der Waals surface area (Å²) in [6.07, 6.45) is 5.94. The Morgan fingerprint density at radius 1 is 1.44 bits per heavy atom. The van der Waals surface area contributed by atoms with Gasteiger partial charge >= 0.3 is 0 Å². The van der Waals surface area contributed by atoms with Crippen molar-refractivity contribution in [3.05, 3.63) is 16.6 Å². The highest BCUT2D eigenvalue weighted by Crippen LogP contribution is 2.36. The van der Waals surface area contributed by atoms with Crippen molar-refractivity contribution in [3.8, 4) is 0 Å². The lowest BCUT2D eigenvalue weighted by atomic mass is 9.85. The van der Waals surface area contributed by atoms with Crippen LogP contribution in [0, 0.1) is 0 Å². The molecule has 1 aliphatic rings. The molecular formula is C13H23BrN2OSi. The normalized spacial score (nSPS) is 16.9. The molecule has 1 fully saturated rings. The maximum Gasteiger partial charge on any atom is 0.124 e. The van der Waals surface area contributed by atoms with E-state index >= 15 is 0 Å². The molecule has 0 radical (unpaired) electrons. The van der Waals surface area contributed by atoms with Gasteiger partial charge < -0.3 is 9.30 Å². The fourth-order valence-corrected chi connectivity index (χ4v) is 3.22. The summed E-state index contributed by atoms with van der Waals surface area (Å²) in [5, 5.41) is 0. The number of nitrogens with zero attached hydrogens (tertiary/aromatic N) is 2. The van der Waals surface area contributed by atoms with E-state index in [9.17, 15) is 0 Å². The number of imidazole rings is 1. The van der Waals surface area contributed by atoms with Crippen molar-refractivity contribution < 1.29 is 4.74 Å². The van der Waals surface area contributed by atoms with Crippen LogP contribution in [0.25, 0.3) is 0 Å². The van der Waals surface area contributed by atoms with Crippen LogP contribution in [0.4, 0.5) is 0 Å². The molecule has 102 valence electrons. The quantitative estimate of drug-likeness (QED) is 0.576. The first-order valence-electron chi connectivity index (χ1n) is 6.76. The lowest BCUT2D eigenvalue weighted by Gasteiger charge is -2.25. The van der Waals surface area contributed by atoms with Crippen LogP contribution in [0.15, 0.2) is 10.8 Å². The van der Waals surface area contributed by atoms with E-state index in [4.69, 9.17) is 4.74 Å². The summed E-state index contributed by atoms with van der Waals surface area (Å²) in [6, 6.07) is 1.22. The van der Waals surface area contributed by atoms with Crippen molar-refractivity contribution in [2.45, 2.75) is 57.6 Å². The van der Waals surface area contributed by atoms with E-state index in [-0.39, 0.29) is 0 Å². The van der Waals surface area contributed by atoms with Crippen LogP contribution in [-0.2, 0) is 11.5 Å². The van der Waals surface area contributed by atoms with E-state index in [1.807, 2.05) is 6.20 Å².